The Labute approximate surface area is 175 Å². The molecule has 2 aliphatic rings. The molecule has 0 unspecified atom stereocenters. The molecule has 4 rings (SSSR count). The molecule has 8 nitrogen and oxygen atoms in total. The number of amides is 2. The van der Waals surface area contributed by atoms with Crippen molar-refractivity contribution in [3.05, 3.63) is 48.0 Å². The highest BCUT2D eigenvalue weighted by Crippen LogP contribution is 2.33. The molecule has 0 bridgehead atoms. The fraction of sp³-hybridized carbons (Fsp3) is 0.333. The number of carbonyl (C=O) groups is 2. The van der Waals surface area contributed by atoms with Crippen molar-refractivity contribution in [2.45, 2.75) is 37.1 Å². The smallest absolute Gasteiger partial charge is 0.262 e. The van der Waals surface area contributed by atoms with Gasteiger partial charge in [0.25, 0.3) is 5.91 Å². The summed E-state index contributed by atoms with van der Waals surface area (Å²) in [6, 6.07) is 11.0. The number of sulfonamides is 1. The zero-order valence-electron chi connectivity index (χ0n) is 16.6. The molecule has 0 aromatic heterocycles. The second kappa shape index (κ2) is 8.08. The van der Waals surface area contributed by atoms with Crippen molar-refractivity contribution < 1.29 is 22.7 Å². The predicted molar refractivity (Wildman–Crippen MR) is 112 cm³/mol. The molecule has 0 saturated carbocycles. The summed E-state index contributed by atoms with van der Waals surface area (Å²) in [7, 11) is -3.92. The SMILES string of the molecule is CCc1cccc(NC(=O)[C@@H]2CCCN2S(=O)(=O)c2ccc3c(c2)NC(=O)CO3)c1. The standard InChI is InChI=1S/C21H23N3O5S/c1-2-14-5-3-6-15(11-14)22-21(26)18-7-4-10-24(18)30(27,28)16-8-9-19-17(12-16)23-20(25)13-29-19/h3,5-6,8-9,11-12,18H,2,4,7,10,13H2,1H3,(H,22,26)(H,23,25)/t18-/m0/s1. The van der Waals surface area contributed by atoms with Gasteiger partial charge >= 0.3 is 0 Å². The van der Waals surface area contributed by atoms with Crippen molar-refractivity contribution in [1.29, 1.82) is 0 Å². The van der Waals surface area contributed by atoms with Gasteiger partial charge in [0.2, 0.25) is 15.9 Å². The number of ether oxygens (including phenoxy) is 1. The lowest BCUT2D eigenvalue weighted by atomic mass is 10.1. The summed E-state index contributed by atoms with van der Waals surface area (Å²) >= 11 is 0. The Morgan fingerprint density at radius 3 is 2.90 bits per heavy atom. The van der Waals surface area contributed by atoms with Crippen LogP contribution in [0.1, 0.15) is 25.3 Å². The largest absolute Gasteiger partial charge is 0.482 e. The number of fused-ring (bicyclic) bond motifs is 1. The van der Waals surface area contributed by atoms with Crippen LogP contribution in [0.2, 0.25) is 0 Å². The average Bonchev–Trinajstić information content (AvgIpc) is 3.24. The molecule has 0 aliphatic carbocycles. The summed E-state index contributed by atoms with van der Waals surface area (Å²) in [5.74, 6) is -0.274. The predicted octanol–water partition coefficient (Wildman–Crippen LogP) is 2.37. The second-order valence-corrected chi connectivity index (χ2v) is 9.20. The van der Waals surface area contributed by atoms with E-state index in [0.29, 0.717) is 30.0 Å². The summed E-state index contributed by atoms with van der Waals surface area (Å²) in [5.41, 5.74) is 2.04. The minimum absolute atomic E-state index is 0.0136. The topological polar surface area (TPSA) is 105 Å². The number of nitrogens with one attached hydrogen (secondary N) is 2. The number of rotatable bonds is 5. The highest BCUT2D eigenvalue weighted by atomic mass is 32.2. The molecule has 2 aromatic carbocycles. The zero-order chi connectivity index (χ0) is 21.3. The molecule has 2 N–H and O–H groups in total. The zero-order valence-corrected chi connectivity index (χ0v) is 17.4. The number of aryl methyl sites for hydroxylation is 1. The molecular formula is C21H23N3O5S. The number of hydrogen-bond donors (Lipinski definition) is 2. The van der Waals surface area contributed by atoms with Gasteiger partial charge in [-0.3, -0.25) is 9.59 Å². The first-order chi connectivity index (χ1) is 14.4. The molecule has 1 saturated heterocycles. The third-order valence-electron chi connectivity index (χ3n) is 5.30. The van der Waals surface area contributed by atoms with E-state index in [1.165, 1.54) is 22.5 Å². The molecule has 1 fully saturated rings. The van der Waals surface area contributed by atoms with Crippen LogP contribution in [0, 0.1) is 0 Å². The quantitative estimate of drug-likeness (QED) is 0.759. The van der Waals surface area contributed by atoms with Crippen molar-refractivity contribution in [3.63, 3.8) is 0 Å². The second-order valence-electron chi connectivity index (χ2n) is 7.31. The van der Waals surface area contributed by atoms with Crippen LogP contribution >= 0.6 is 0 Å². The first-order valence-electron chi connectivity index (χ1n) is 9.87. The number of benzene rings is 2. The summed E-state index contributed by atoms with van der Waals surface area (Å²) in [4.78, 5) is 24.5. The van der Waals surface area contributed by atoms with Crippen molar-refractivity contribution in [2.24, 2.45) is 0 Å². The van der Waals surface area contributed by atoms with Gasteiger partial charge in [0.05, 0.1) is 10.6 Å². The number of nitrogens with zero attached hydrogens (tertiary/aromatic N) is 1. The molecule has 2 amide bonds. The van der Waals surface area contributed by atoms with Crippen molar-refractivity contribution in [1.82, 2.24) is 4.31 Å². The third-order valence-corrected chi connectivity index (χ3v) is 7.20. The van der Waals surface area contributed by atoms with Crippen LogP contribution < -0.4 is 15.4 Å². The highest BCUT2D eigenvalue weighted by molar-refractivity contribution is 7.89. The lowest BCUT2D eigenvalue weighted by Gasteiger charge is -2.24. The fourth-order valence-electron chi connectivity index (χ4n) is 3.74. The Balaban J connectivity index is 1.57. The van der Waals surface area contributed by atoms with Gasteiger partial charge in [-0.1, -0.05) is 19.1 Å². The molecular weight excluding hydrogens is 406 g/mol. The molecule has 0 radical (unpaired) electrons. The van der Waals surface area contributed by atoms with E-state index in [2.05, 4.69) is 10.6 Å². The highest BCUT2D eigenvalue weighted by Gasteiger charge is 2.40. The van der Waals surface area contributed by atoms with Gasteiger partial charge in [-0.2, -0.15) is 4.31 Å². The number of hydrogen-bond acceptors (Lipinski definition) is 5. The van der Waals surface area contributed by atoms with Crippen LogP contribution in [0.5, 0.6) is 5.75 Å². The Morgan fingerprint density at radius 2 is 2.10 bits per heavy atom. The van der Waals surface area contributed by atoms with E-state index in [4.69, 9.17) is 4.74 Å². The summed E-state index contributed by atoms with van der Waals surface area (Å²) in [5, 5.41) is 5.46. The molecule has 2 heterocycles. The van der Waals surface area contributed by atoms with Crippen LogP contribution in [0.15, 0.2) is 47.4 Å². The van der Waals surface area contributed by atoms with Gasteiger partial charge < -0.3 is 15.4 Å². The molecule has 158 valence electrons. The summed E-state index contributed by atoms with van der Waals surface area (Å²) in [6.07, 6.45) is 1.88. The monoisotopic (exact) mass is 429 g/mol. The van der Waals surface area contributed by atoms with Gasteiger partial charge in [-0.15, -0.1) is 0 Å². The first-order valence-corrected chi connectivity index (χ1v) is 11.3. The molecule has 30 heavy (non-hydrogen) atoms. The molecule has 1 atom stereocenters. The lowest BCUT2D eigenvalue weighted by molar-refractivity contribution is -0.119. The van der Waals surface area contributed by atoms with E-state index in [9.17, 15) is 18.0 Å². The number of anilines is 2. The maximum absolute atomic E-state index is 13.3. The van der Waals surface area contributed by atoms with Crippen LogP contribution in [-0.4, -0.2) is 43.7 Å². The molecule has 9 heteroatoms. The van der Waals surface area contributed by atoms with Crippen molar-refractivity contribution >= 4 is 33.2 Å². The van der Waals surface area contributed by atoms with Crippen LogP contribution in [0.3, 0.4) is 0 Å². The Hall–Kier alpha value is -2.91. The van der Waals surface area contributed by atoms with E-state index >= 15 is 0 Å². The maximum atomic E-state index is 13.3. The van der Waals surface area contributed by atoms with E-state index in [-0.39, 0.29) is 29.9 Å². The van der Waals surface area contributed by atoms with Gasteiger partial charge in [0.15, 0.2) is 6.61 Å². The lowest BCUT2D eigenvalue weighted by Crippen LogP contribution is -2.43. The Kier molecular flexibility index (Phi) is 5.48. The van der Waals surface area contributed by atoms with Crippen molar-refractivity contribution in [3.8, 4) is 5.75 Å². The molecule has 2 aromatic rings. The van der Waals surface area contributed by atoms with Crippen molar-refractivity contribution in [2.75, 3.05) is 23.8 Å². The minimum Gasteiger partial charge on any atom is -0.482 e. The molecule has 2 aliphatic heterocycles. The summed E-state index contributed by atoms with van der Waals surface area (Å²) in [6.45, 7) is 2.18. The fourth-order valence-corrected chi connectivity index (χ4v) is 5.43. The van der Waals surface area contributed by atoms with E-state index in [1.807, 2.05) is 25.1 Å². The van der Waals surface area contributed by atoms with Gasteiger partial charge in [0.1, 0.15) is 11.8 Å². The van der Waals surface area contributed by atoms with Crippen LogP contribution in [0.25, 0.3) is 0 Å². The number of carbonyl (C=O) groups excluding carboxylic acids is 2. The van der Waals surface area contributed by atoms with Crippen LogP contribution in [-0.2, 0) is 26.0 Å². The first kappa shape index (κ1) is 20.4. The van der Waals surface area contributed by atoms with E-state index < -0.39 is 16.1 Å². The van der Waals surface area contributed by atoms with Gasteiger partial charge in [0, 0.05) is 12.2 Å². The normalized spacial score (nSPS) is 19.0. The third kappa shape index (κ3) is 3.90. The average molecular weight is 429 g/mol. The molecule has 0 spiro atoms. The van der Waals surface area contributed by atoms with E-state index in [0.717, 1.165) is 12.0 Å². The van der Waals surface area contributed by atoms with Gasteiger partial charge in [-0.25, -0.2) is 8.42 Å². The maximum Gasteiger partial charge on any atom is 0.262 e. The summed E-state index contributed by atoms with van der Waals surface area (Å²) < 4.78 is 33.0. The van der Waals surface area contributed by atoms with E-state index in [1.54, 1.807) is 6.07 Å². The Morgan fingerprint density at radius 1 is 1.27 bits per heavy atom. The Bertz CT molecular complexity index is 1100. The van der Waals surface area contributed by atoms with Gasteiger partial charge in [-0.05, 0) is 55.2 Å². The van der Waals surface area contributed by atoms with Crippen LogP contribution in [0.4, 0.5) is 11.4 Å². The minimum atomic E-state index is -3.92.